The molecule has 7 heteroatoms. The minimum Gasteiger partial charge on any atom is -0.494 e. The number of nitro groups is 1. The van der Waals surface area contributed by atoms with Crippen molar-refractivity contribution in [1.29, 1.82) is 0 Å². The number of nitrogens with two attached hydrogens (primary N) is 1. The van der Waals surface area contributed by atoms with Gasteiger partial charge < -0.3 is 20.1 Å². The van der Waals surface area contributed by atoms with Gasteiger partial charge in [0.2, 0.25) is 5.75 Å². The van der Waals surface area contributed by atoms with E-state index < -0.39 is 4.92 Å². The second kappa shape index (κ2) is 6.06. The molecule has 0 fully saturated rings. The number of rotatable bonds is 6. The Kier molecular flexibility index (Phi) is 4.73. The number of nitro benzene ring substituents is 1. The summed E-state index contributed by atoms with van der Waals surface area (Å²) in [7, 11) is 5.23. The summed E-state index contributed by atoms with van der Waals surface area (Å²) in [5.74, 6) is 0.522. The summed E-state index contributed by atoms with van der Waals surface area (Å²) in [5, 5.41) is 10.9. The highest BCUT2D eigenvalue weighted by atomic mass is 16.6. The van der Waals surface area contributed by atoms with Crippen molar-refractivity contribution in [2.24, 2.45) is 0 Å². The Morgan fingerprint density at radius 3 is 2.56 bits per heavy atom. The van der Waals surface area contributed by atoms with Crippen molar-refractivity contribution in [3.05, 3.63) is 22.2 Å². The number of hydrogen-bond acceptors (Lipinski definition) is 6. The molecule has 0 amide bonds. The van der Waals surface area contributed by atoms with Gasteiger partial charge in [-0.2, -0.15) is 0 Å². The standard InChI is InChI=1S/C11H17N3O4/c1-13(2)4-5-18-11-7-10(17-3)8(12)6-9(11)14(15)16/h6-7H,4-5,12H2,1-3H3. The molecule has 1 rings (SSSR count). The normalized spacial score (nSPS) is 10.4. The van der Waals surface area contributed by atoms with Gasteiger partial charge >= 0.3 is 5.69 Å². The van der Waals surface area contributed by atoms with E-state index in [-0.39, 0.29) is 17.1 Å². The summed E-state index contributed by atoms with van der Waals surface area (Å²) in [5.41, 5.74) is 5.67. The van der Waals surface area contributed by atoms with Gasteiger partial charge in [0.05, 0.1) is 17.7 Å². The SMILES string of the molecule is COc1cc(OCCN(C)C)c([N+](=O)[O-])cc1N. The third-order valence-electron chi connectivity index (χ3n) is 2.30. The molecule has 0 aliphatic carbocycles. The number of anilines is 1. The summed E-state index contributed by atoms with van der Waals surface area (Å²) in [6.45, 7) is 1.00. The fourth-order valence-corrected chi connectivity index (χ4v) is 1.34. The Morgan fingerprint density at radius 1 is 1.39 bits per heavy atom. The number of hydrogen-bond donors (Lipinski definition) is 1. The molecule has 2 N–H and O–H groups in total. The van der Waals surface area contributed by atoms with E-state index in [1.807, 2.05) is 19.0 Å². The first-order chi connectivity index (χ1) is 8.45. The lowest BCUT2D eigenvalue weighted by atomic mass is 10.2. The molecule has 0 atom stereocenters. The van der Waals surface area contributed by atoms with Crippen LogP contribution in [0.5, 0.6) is 11.5 Å². The molecule has 7 nitrogen and oxygen atoms in total. The van der Waals surface area contributed by atoms with E-state index in [0.29, 0.717) is 18.9 Å². The maximum absolute atomic E-state index is 10.9. The largest absolute Gasteiger partial charge is 0.494 e. The Morgan fingerprint density at radius 2 is 2.06 bits per heavy atom. The highest BCUT2D eigenvalue weighted by molar-refractivity contribution is 5.64. The molecule has 1 aromatic rings. The first-order valence-corrected chi connectivity index (χ1v) is 5.35. The van der Waals surface area contributed by atoms with Gasteiger partial charge in [0.15, 0.2) is 0 Å². The second-order valence-electron chi connectivity index (χ2n) is 3.97. The predicted octanol–water partition coefficient (Wildman–Crippen LogP) is 1.13. The van der Waals surface area contributed by atoms with E-state index in [1.165, 1.54) is 19.2 Å². The van der Waals surface area contributed by atoms with Crippen LogP contribution in [0.1, 0.15) is 0 Å². The van der Waals surface area contributed by atoms with Crippen molar-refractivity contribution < 1.29 is 14.4 Å². The molecule has 0 heterocycles. The zero-order chi connectivity index (χ0) is 13.7. The van der Waals surface area contributed by atoms with Crippen LogP contribution in [0.25, 0.3) is 0 Å². The number of nitrogen functional groups attached to an aromatic ring is 1. The molecule has 0 radical (unpaired) electrons. The Labute approximate surface area is 105 Å². The first-order valence-electron chi connectivity index (χ1n) is 5.35. The fraction of sp³-hybridized carbons (Fsp3) is 0.455. The van der Waals surface area contributed by atoms with Gasteiger partial charge in [-0.25, -0.2) is 0 Å². The van der Waals surface area contributed by atoms with Crippen molar-refractivity contribution in [2.45, 2.75) is 0 Å². The first kappa shape index (κ1) is 14.0. The molecule has 0 aliphatic rings. The molecule has 0 bridgehead atoms. The molecule has 1 aromatic carbocycles. The average Bonchev–Trinajstić information content (AvgIpc) is 2.29. The van der Waals surface area contributed by atoms with Gasteiger partial charge in [0.1, 0.15) is 12.4 Å². The van der Waals surface area contributed by atoms with Gasteiger partial charge in [-0.1, -0.05) is 0 Å². The van der Waals surface area contributed by atoms with Gasteiger partial charge in [-0.15, -0.1) is 0 Å². The topological polar surface area (TPSA) is 90.9 Å². The van der Waals surface area contributed by atoms with Crippen LogP contribution in [0.4, 0.5) is 11.4 Å². The molecule has 0 aromatic heterocycles. The zero-order valence-corrected chi connectivity index (χ0v) is 10.7. The van der Waals surface area contributed by atoms with Crippen LogP contribution in [0.15, 0.2) is 12.1 Å². The quantitative estimate of drug-likeness (QED) is 0.465. The van der Waals surface area contributed by atoms with Crippen molar-refractivity contribution in [3.8, 4) is 11.5 Å². The Balaban J connectivity index is 2.95. The van der Waals surface area contributed by atoms with Crippen LogP contribution in [0.2, 0.25) is 0 Å². The third-order valence-corrected chi connectivity index (χ3v) is 2.30. The summed E-state index contributed by atoms with van der Waals surface area (Å²) in [6.07, 6.45) is 0. The van der Waals surface area contributed by atoms with Crippen molar-refractivity contribution in [3.63, 3.8) is 0 Å². The minimum atomic E-state index is -0.527. The van der Waals surface area contributed by atoms with Gasteiger partial charge in [-0.3, -0.25) is 10.1 Å². The summed E-state index contributed by atoms with van der Waals surface area (Å²) < 4.78 is 10.4. The fourth-order valence-electron chi connectivity index (χ4n) is 1.34. The van der Waals surface area contributed by atoms with E-state index in [1.54, 1.807) is 0 Å². The lowest BCUT2D eigenvalue weighted by Crippen LogP contribution is -2.19. The Hall–Kier alpha value is -2.02. The number of methoxy groups -OCH3 is 1. The van der Waals surface area contributed by atoms with E-state index in [2.05, 4.69) is 0 Å². The van der Waals surface area contributed by atoms with Gasteiger partial charge in [0.25, 0.3) is 0 Å². The van der Waals surface area contributed by atoms with Gasteiger partial charge in [-0.05, 0) is 14.1 Å². The molecule has 0 aliphatic heterocycles. The highest BCUT2D eigenvalue weighted by Crippen LogP contribution is 2.35. The monoisotopic (exact) mass is 255 g/mol. The van der Waals surface area contributed by atoms with Crippen LogP contribution in [-0.4, -0.2) is 44.2 Å². The molecule has 0 spiro atoms. The molecule has 100 valence electrons. The predicted molar refractivity (Wildman–Crippen MR) is 68.1 cm³/mol. The van der Waals surface area contributed by atoms with E-state index in [0.717, 1.165) is 0 Å². The molecular formula is C11H17N3O4. The van der Waals surface area contributed by atoms with Gasteiger partial charge in [0, 0.05) is 18.7 Å². The zero-order valence-electron chi connectivity index (χ0n) is 10.7. The number of likely N-dealkylation sites (N-methyl/N-ethyl adjacent to an activating group) is 1. The van der Waals surface area contributed by atoms with E-state index in [4.69, 9.17) is 15.2 Å². The lowest BCUT2D eigenvalue weighted by molar-refractivity contribution is -0.385. The van der Waals surface area contributed by atoms with E-state index >= 15 is 0 Å². The number of benzene rings is 1. The molecule has 18 heavy (non-hydrogen) atoms. The number of ether oxygens (including phenoxy) is 2. The second-order valence-corrected chi connectivity index (χ2v) is 3.97. The lowest BCUT2D eigenvalue weighted by Gasteiger charge is -2.12. The Bertz CT molecular complexity index is 435. The van der Waals surface area contributed by atoms with E-state index in [9.17, 15) is 10.1 Å². The van der Waals surface area contributed by atoms with Crippen LogP contribution in [0.3, 0.4) is 0 Å². The smallest absolute Gasteiger partial charge is 0.313 e. The highest BCUT2D eigenvalue weighted by Gasteiger charge is 2.19. The molecule has 0 saturated heterocycles. The maximum Gasteiger partial charge on any atom is 0.313 e. The summed E-state index contributed by atoms with van der Waals surface area (Å²) >= 11 is 0. The molecule has 0 unspecified atom stereocenters. The molecular weight excluding hydrogens is 238 g/mol. The van der Waals surface area contributed by atoms with Crippen molar-refractivity contribution in [2.75, 3.05) is 40.1 Å². The van der Waals surface area contributed by atoms with Crippen LogP contribution >= 0.6 is 0 Å². The molecule has 0 saturated carbocycles. The summed E-state index contributed by atoms with van der Waals surface area (Å²) in [4.78, 5) is 12.3. The minimum absolute atomic E-state index is 0.160. The van der Waals surface area contributed by atoms with Crippen LogP contribution in [-0.2, 0) is 0 Å². The summed E-state index contributed by atoms with van der Waals surface area (Å²) in [6, 6.07) is 2.67. The van der Waals surface area contributed by atoms with Crippen molar-refractivity contribution in [1.82, 2.24) is 4.90 Å². The average molecular weight is 255 g/mol. The third kappa shape index (κ3) is 3.49. The van der Waals surface area contributed by atoms with Crippen LogP contribution < -0.4 is 15.2 Å². The maximum atomic E-state index is 10.9. The van der Waals surface area contributed by atoms with Crippen LogP contribution in [0, 0.1) is 10.1 Å². The van der Waals surface area contributed by atoms with Crippen molar-refractivity contribution >= 4 is 11.4 Å². The number of nitrogens with zero attached hydrogens (tertiary/aromatic N) is 2.